The Morgan fingerprint density at radius 1 is 1.23 bits per heavy atom. The molecule has 0 amide bonds. The predicted octanol–water partition coefficient (Wildman–Crippen LogP) is 4.25. The Morgan fingerprint density at radius 3 is 2.83 bits per heavy atom. The van der Waals surface area contributed by atoms with Crippen LogP contribution in [-0.2, 0) is 16.0 Å². The number of para-hydroxylation sites is 2. The molecule has 3 aromatic rings. The molecular formula is C23H26FN3O3. The number of benzene rings is 2. The molecule has 1 aromatic heterocycles. The highest BCUT2D eigenvalue weighted by molar-refractivity contribution is 5.77. The Hall–Kier alpha value is -2.77. The molecule has 1 saturated heterocycles. The fourth-order valence-electron chi connectivity index (χ4n) is 3.73. The van der Waals surface area contributed by atoms with Gasteiger partial charge in [-0.05, 0) is 50.5 Å². The van der Waals surface area contributed by atoms with E-state index in [1.165, 1.54) is 6.07 Å². The van der Waals surface area contributed by atoms with Gasteiger partial charge in [0.2, 0.25) is 0 Å². The Labute approximate surface area is 174 Å². The topological polar surface area (TPSA) is 65.4 Å². The molecule has 6 nitrogen and oxygen atoms in total. The number of rotatable bonds is 7. The van der Waals surface area contributed by atoms with E-state index in [-0.39, 0.29) is 23.7 Å². The summed E-state index contributed by atoms with van der Waals surface area (Å²) in [5.74, 6) is 0.187. The number of fused-ring (bicyclic) bond motifs is 1. The average Bonchev–Trinajstić information content (AvgIpc) is 2.77. The minimum atomic E-state index is -0.384. The summed E-state index contributed by atoms with van der Waals surface area (Å²) < 4.78 is 27.2. The molecular weight excluding hydrogens is 385 g/mol. The molecule has 0 aliphatic carbocycles. The third kappa shape index (κ3) is 4.52. The van der Waals surface area contributed by atoms with E-state index in [2.05, 4.69) is 5.32 Å². The number of hydrogen-bond donors (Lipinski definition) is 1. The van der Waals surface area contributed by atoms with E-state index in [9.17, 15) is 9.18 Å². The van der Waals surface area contributed by atoms with Crippen LogP contribution in [0.4, 0.5) is 10.1 Å². The Kier molecular flexibility index (Phi) is 6.40. The summed E-state index contributed by atoms with van der Waals surface area (Å²) in [7, 11) is 0. The van der Waals surface area contributed by atoms with Crippen molar-refractivity contribution in [3.63, 3.8) is 0 Å². The molecule has 0 saturated carbocycles. The van der Waals surface area contributed by atoms with Crippen LogP contribution in [0.2, 0.25) is 0 Å². The van der Waals surface area contributed by atoms with Crippen molar-refractivity contribution in [3.05, 3.63) is 70.5 Å². The zero-order chi connectivity index (χ0) is 20.9. The van der Waals surface area contributed by atoms with Gasteiger partial charge in [0.05, 0.1) is 35.8 Å². The second-order valence-corrected chi connectivity index (χ2v) is 7.46. The van der Waals surface area contributed by atoms with Gasteiger partial charge in [-0.1, -0.05) is 24.3 Å². The number of nitrogens with zero attached hydrogens (tertiary/aromatic N) is 2. The number of nitrogens with one attached hydrogen (secondary N) is 1. The van der Waals surface area contributed by atoms with Crippen LogP contribution in [0, 0.1) is 5.82 Å². The van der Waals surface area contributed by atoms with Crippen molar-refractivity contribution >= 4 is 16.6 Å². The van der Waals surface area contributed by atoms with Crippen molar-refractivity contribution in [2.75, 3.05) is 18.5 Å². The number of aromatic nitrogens is 2. The summed E-state index contributed by atoms with van der Waals surface area (Å²) in [5, 5.41) is 3.69. The largest absolute Gasteiger partial charge is 0.373 e. The first kappa shape index (κ1) is 20.5. The monoisotopic (exact) mass is 411 g/mol. The number of hydrogen-bond acceptors (Lipinski definition) is 5. The maximum Gasteiger partial charge on any atom is 0.261 e. The van der Waals surface area contributed by atoms with Crippen LogP contribution in [0.25, 0.3) is 10.9 Å². The second kappa shape index (κ2) is 9.36. The smallest absolute Gasteiger partial charge is 0.261 e. The Balaban J connectivity index is 1.61. The molecule has 0 unspecified atom stereocenters. The van der Waals surface area contributed by atoms with Crippen LogP contribution in [0.15, 0.2) is 53.3 Å². The van der Waals surface area contributed by atoms with Crippen LogP contribution < -0.4 is 10.9 Å². The molecule has 1 fully saturated rings. The molecule has 0 radical (unpaired) electrons. The number of anilines is 1. The minimum Gasteiger partial charge on any atom is -0.373 e. The molecule has 30 heavy (non-hydrogen) atoms. The summed E-state index contributed by atoms with van der Waals surface area (Å²) in [4.78, 5) is 17.9. The lowest BCUT2D eigenvalue weighted by molar-refractivity contribution is -0.163. The standard InChI is InChI=1S/C23H26FN3O3/c1-16(25-20-11-5-3-9-18(20)24)22-26-19-10-4-2-8-17(19)23(28)27(22)13-15-30-21-12-6-7-14-29-21/h2-5,8-11,16,21,25H,6-7,12-15H2,1H3/t16-,21-/m0/s1. The summed E-state index contributed by atoms with van der Waals surface area (Å²) in [6, 6.07) is 13.3. The lowest BCUT2D eigenvalue weighted by atomic mass is 10.2. The summed E-state index contributed by atoms with van der Waals surface area (Å²) >= 11 is 0. The van der Waals surface area contributed by atoms with Gasteiger partial charge in [-0.2, -0.15) is 0 Å². The third-order valence-corrected chi connectivity index (χ3v) is 5.28. The van der Waals surface area contributed by atoms with Crippen molar-refractivity contribution in [1.82, 2.24) is 9.55 Å². The van der Waals surface area contributed by atoms with Gasteiger partial charge in [-0.3, -0.25) is 9.36 Å². The maximum absolute atomic E-state index is 14.1. The van der Waals surface area contributed by atoms with Gasteiger partial charge >= 0.3 is 0 Å². The predicted molar refractivity (Wildman–Crippen MR) is 114 cm³/mol. The van der Waals surface area contributed by atoms with Gasteiger partial charge in [0, 0.05) is 6.61 Å². The Morgan fingerprint density at radius 2 is 2.03 bits per heavy atom. The Bertz CT molecular complexity index is 1060. The highest BCUT2D eigenvalue weighted by Gasteiger charge is 2.19. The fraction of sp³-hybridized carbons (Fsp3) is 0.391. The quantitative estimate of drug-likeness (QED) is 0.630. The third-order valence-electron chi connectivity index (χ3n) is 5.28. The van der Waals surface area contributed by atoms with Gasteiger partial charge in [0.15, 0.2) is 6.29 Å². The molecule has 0 spiro atoms. The average molecular weight is 411 g/mol. The first-order valence-electron chi connectivity index (χ1n) is 10.4. The molecule has 1 aliphatic heterocycles. The number of halogens is 1. The molecule has 1 aliphatic rings. The molecule has 4 rings (SSSR count). The van der Waals surface area contributed by atoms with Crippen molar-refractivity contribution in [1.29, 1.82) is 0 Å². The SMILES string of the molecule is C[C@H](Nc1ccccc1F)c1nc2ccccc2c(=O)n1CCO[C@H]1CCCCO1. The molecule has 158 valence electrons. The van der Waals surface area contributed by atoms with Gasteiger partial charge in [0.1, 0.15) is 11.6 Å². The molecule has 2 heterocycles. The molecule has 7 heteroatoms. The molecule has 2 aromatic carbocycles. The lowest BCUT2D eigenvalue weighted by Gasteiger charge is -2.24. The van der Waals surface area contributed by atoms with Gasteiger partial charge < -0.3 is 14.8 Å². The van der Waals surface area contributed by atoms with Gasteiger partial charge in [-0.25, -0.2) is 9.37 Å². The normalized spacial score (nSPS) is 17.7. The van der Waals surface area contributed by atoms with E-state index in [0.29, 0.717) is 42.2 Å². The van der Waals surface area contributed by atoms with Crippen molar-refractivity contribution in [2.24, 2.45) is 0 Å². The van der Waals surface area contributed by atoms with Crippen LogP contribution in [0.5, 0.6) is 0 Å². The second-order valence-electron chi connectivity index (χ2n) is 7.46. The molecule has 0 bridgehead atoms. The van der Waals surface area contributed by atoms with Crippen molar-refractivity contribution in [3.8, 4) is 0 Å². The summed E-state index contributed by atoms with van der Waals surface area (Å²) in [6.45, 7) is 3.25. The summed E-state index contributed by atoms with van der Waals surface area (Å²) in [5.41, 5.74) is 0.851. The van der Waals surface area contributed by atoms with Crippen molar-refractivity contribution in [2.45, 2.75) is 45.1 Å². The van der Waals surface area contributed by atoms with E-state index in [1.807, 2.05) is 25.1 Å². The van der Waals surface area contributed by atoms with Crippen LogP contribution in [-0.4, -0.2) is 29.1 Å². The van der Waals surface area contributed by atoms with Crippen LogP contribution in [0.1, 0.15) is 38.1 Å². The van der Waals surface area contributed by atoms with Crippen LogP contribution >= 0.6 is 0 Å². The minimum absolute atomic E-state index is 0.133. The molecule has 1 N–H and O–H groups in total. The highest BCUT2D eigenvalue weighted by atomic mass is 19.1. The van der Waals surface area contributed by atoms with Crippen LogP contribution in [0.3, 0.4) is 0 Å². The van der Waals surface area contributed by atoms with Crippen molar-refractivity contribution < 1.29 is 13.9 Å². The molecule has 2 atom stereocenters. The maximum atomic E-state index is 14.1. The number of ether oxygens (including phenoxy) is 2. The zero-order valence-corrected chi connectivity index (χ0v) is 17.0. The van der Waals surface area contributed by atoms with Gasteiger partial charge in [0.25, 0.3) is 5.56 Å². The van der Waals surface area contributed by atoms with E-state index in [0.717, 1.165) is 19.3 Å². The first-order valence-corrected chi connectivity index (χ1v) is 10.4. The lowest BCUT2D eigenvalue weighted by Crippen LogP contribution is -2.31. The highest BCUT2D eigenvalue weighted by Crippen LogP contribution is 2.21. The first-order chi connectivity index (χ1) is 14.6. The van der Waals surface area contributed by atoms with E-state index >= 15 is 0 Å². The van der Waals surface area contributed by atoms with E-state index < -0.39 is 0 Å². The van der Waals surface area contributed by atoms with Gasteiger partial charge in [-0.15, -0.1) is 0 Å². The van der Waals surface area contributed by atoms with E-state index in [4.69, 9.17) is 14.5 Å². The van der Waals surface area contributed by atoms with E-state index in [1.54, 1.807) is 28.8 Å². The summed E-state index contributed by atoms with van der Waals surface area (Å²) in [6.07, 6.45) is 2.78. The fourth-order valence-corrected chi connectivity index (χ4v) is 3.73. The zero-order valence-electron chi connectivity index (χ0n) is 17.0.